The van der Waals surface area contributed by atoms with Crippen LogP contribution in [0, 0.1) is 0 Å². The first-order valence-electron chi connectivity index (χ1n) is 7.05. The van der Waals surface area contributed by atoms with E-state index in [0.717, 1.165) is 25.9 Å². The van der Waals surface area contributed by atoms with Gasteiger partial charge in [-0.3, -0.25) is 4.79 Å². The molecule has 1 amide bonds. The summed E-state index contributed by atoms with van der Waals surface area (Å²) in [5.41, 5.74) is 1.54. The Kier molecular flexibility index (Phi) is 5.05. The van der Waals surface area contributed by atoms with Crippen LogP contribution in [0.4, 0.5) is 0 Å². The quantitative estimate of drug-likeness (QED) is 0.734. The molecule has 1 atom stereocenters. The van der Waals surface area contributed by atoms with Crippen LogP contribution in [-0.2, 0) is 4.79 Å². The van der Waals surface area contributed by atoms with Gasteiger partial charge in [-0.2, -0.15) is 0 Å². The van der Waals surface area contributed by atoms with E-state index < -0.39 is 0 Å². The fourth-order valence-electron chi connectivity index (χ4n) is 2.68. The molecule has 1 aliphatic carbocycles. The van der Waals surface area contributed by atoms with E-state index in [0.29, 0.717) is 0 Å². The predicted molar refractivity (Wildman–Crippen MR) is 69.8 cm³/mol. The molecule has 1 unspecified atom stereocenters. The van der Waals surface area contributed by atoms with Gasteiger partial charge in [0.25, 0.3) is 0 Å². The molecule has 1 fully saturated rings. The Morgan fingerprint density at radius 3 is 3.00 bits per heavy atom. The van der Waals surface area contributed by atoms with Crippen molar-refractivity contribution < 1.29 is 4.79 Å². The number of piperidine rings is 1. The minimum Gasteiger partial charge on any atom is -0.354 e. The maximum atomic E-state index is 11.8. The Hall–Kier alpha value is -0.830. The van der Waals surface area contributed by atoms with Crippen molar-refractivity contribution in [1.29, 1.82) is 0 Å². The van der Waals surface area contributed by atoms with Crippen molar-refractivity contribution in [3.05, 3.63) is 11.6 Å². The van der Waals surface area contributed by atoms with Gasteiger partial charge in [-0.05, 0) is 51.5 Å². The van der Waals surface area contributed by atoms with E-state index in [1.807, 2.05) is 0 Å². The van der Waals surface area contributed by atoms with Crippen LogP contribution >= 0.6 is 0 Å². The molecule has 2 N–H and O–H groups in total. The molecule has 0 radical (unpaired) electrons. The summed E-state index contributed by atoms with van der Waals surface area (Å²) in [4.78, 5) is 11.8. The fourth-order valence-corrected chi connectivity index (χ4v) is 2.68. The highest BCUT2D eigenvalue weighted by molar-refractivity contribution is 5.81. The number of rotatable bonds is 4. The van der Waals surface area contributed by atoms with Crippen molar-refractivity contribution in [3.8, 4) is 0 Å². The molecule has 0 aromatic carbocycles. The van der Waals surface area contributed by atoms with Gasteiger partial charge < -0.3 is 10.6 Å². The lowest BCUT2D eigenvalue weighted by atomic mass is 9.97. The van der Waals surface area contributed by atoms with Crippen molar-refractivity contribution in [3.63, 3.8) is 0 Å². The Bertz CT molecular complexity index is 280. The molecule has 0 aromatic rings. The number of amides is 1. The monoisotopic (exact) mass is 236 g/mol. The van der Waals surface area contributed by atoms with Gasteiger partial charge >= 0.3 is 0 Å². The van der Waals surface area contributed by atoms with Crippen molar-refractivity contribution in [2.45, 2.75) is 57.4 Å². The lowest BCUT2D eigenvalue weighted by molar-refractivity contribution is -0.123. The van der Waals surface area contributed by atoms with Gasteiger partial charge in [-0.25, -0.2) is 0 Å². The fraction of sp³-hybridized carbons (Fsp3) is 0.786. The molecule has 1 heterocycles. The topological polar surface area (TPSA) is 41.1 Å². The van der Waals surface area contributed by atoms with Crippen molar-refractivity contribution in [1.82, 2.24) is 10.6 Å². The maximum Gasteiger partial charge on any atom is 0.237 e. The number of carbonyl (C=O) groups is 1. The van der Waals surface area contributed by atoms with Gasteiger partial charge in [0, 0.05) is 6.54 Å². The SMILES string of the molecule is O=C(NCCC1=CCCCC1)C1CCCCN1. The first-order chi connectivity index (χ1) is 8.36. The van der Waals surface area contributed by atoms with Crippen LogP contribution < -0.4 is 10.6 Å². The summed E-state index contributed by atoms with van der Waals surface area (Å²) in [5.74, 6) is 0.195. The maximum absolute atomic E-state index is 11.8. The molecule has 0 saturated carbocycles. The van der Waals surface area contributed by atoms with E-state index in [9.17, 15) is 4.79 Å². The first-order valence-corrected chi connectivity index (χ1v) is 7.05. The van der Waals surface area contributed by atoms with Gasteiger partial charge in [-0.1, -0.05) is 18.1 Å². The standard InChI is InChI=1S/C14H24N2O/c17-14(13-8-4-5-10-15-13)16-11-9-12-6-2-1-3-7-12/h6,13,15H,1-5,7-11H2,(H,16,17). The minimum absolute atomic E-state index is 0.0593. The molecule has 1 aliphatic heterocycles. The molecule has 0 aromatic heterocycles. The van der Waals surface area contributed by atoms with E-state index in [1.165, 1.54) is 44.1 Å². The highest BCUT2D eigenvalue weighted by atomic mass is 16.2. The summed E-state index contributed by atoms with van der Waals surface area (Å²) in [6, 6.07) is 0.0593. The minimum atomic E-state index is 0.0593. The van der Waals surface area contributed by atoms with Gasteiger partial charge in [0.2, 0.25) is 5.91 Å². The van der Waals surface area contributed by atoms with Gasteiger partial charge in [0.1, 0.15) is 0 Å². The predicted octanol–water partition coefficient (Wildman–Crippen LogP) is 2.14. The third-order valence-corrected chi connectivity index (χ3v) is 3.76. The van der Waals surface area contributed by atoms with E-state index in [-0.39, 0.29) is 11.9 Å². The van der Waals surface area contributed by atoms with E-state index in [1.54, 1.807) is 0 Å². The van der Waals surface area contributed by atoms with Crippen LogP contribution in [0.2, 0.25) is 0 Å². The van der Waals surface area contributed by atoms with Crippen molar-refractivity contribution in [2.24, 2.45) is 0 Å². The van der Waals surface area contributed by atoms with Gasteiger partial charge in [0.05, 0.1) is 6.04 Å². The molecular weight excluding hydrogens is 212 g/mol. The molecule has 0 spiro atoms. The van der Waals surface area contributed by atoms with E-state index in [4.69, 9.17) is 0 Å². The number of nitrogens with one attached hydrogen (secondary N) is 2. The lowest BCUT2D eigenvalue weighted by Crippen LogP contribution is -2.46. The summed E-state index contributed by atoms with van der Waals surface area (Å²) in [7, 11) is 0. The molecule has 96 valence electrons. The second-order valence-corrected chi connectivity index (χ2v) is 5.15. The van der Waals surface area contributed by atoms with Gasteiger partial charge in [-0.15, -0.1) is 0 Å². The van der Waals surface area contributed by atoms with Crippen LogP contribution in [0.25, 0.3) is 0 Å². The number of allylic oxidation sites excluding steroid dienone is 1. The zero-order valence-electron chi connectivity index (χ0n) is 10.6. The molecule has 17 heavy (non-hydrogen) atoms. The summed E-state index contributed by atoms with van der Waals surface area (Å²) in [5, 5.41) is 6.34. The summed E-state index contributed by atoms with van der Waals surface area (Å²) in [6.45, 7) is 1.80. The lowest BCUT2D eigenvalue weighted by Gasteiger charge is -2.22. The highest BCUT2D eigenvalue weighted by Crippen LogP contribution is 2.19. The zero-order chi connectivity index (χ0) is 11.9. The van der Waals surface area contributed by atoms with Crippen LogP contribution in [0.5, 0.6) is 0 Å². The zero-order valence-corrected chi connectivity index (χ0v) is 10.6. The average Bonchev–Trinajstić information content (AvgIpc) is 2.41. The van der Waals surface area contributed by atoms with Crippen LogP contribution in [0.3, 0.4) is 0 Å². The summed E-state index contributed by atoms with van der Waals surface area (Å²) in [6.07, 6.45) is 11.9. The molecule has 2 aliphatic rings. The smallest absolute Gasteiger partial charge is 0.237 e. The third-order valence-electron chi connectivity index (χ3n) is 3.76. The van der Waals surface area contributed by atoms with Gasteiger partial charge in [0.15, 0.2) is 0 Å². The number of hydrogen-bond donors (Lipinski definition) is 2. The van der Waals surface area contributed by atoms with Crippen molar-refractivity contribution in [2.75, 3.05) is 13.1 Å². The Morgan fingerprint density at radius 1 is 1.35 bits per heavy atom. The third kappa shape index (κ3) is 4.15. The summed E-state index contributed by atoms with van der Waals surface area (Å²) < 4.78 is 0. The van der Waals surface area contributed by atoms with Crippen LogP contribution in [-0.4, -0.2) is 25.0 Å². The van der Waals surface area contributed by atoms with E-state index >= 15 is 0 Å². The Balaban J connectivity index is 1.63. The summed E-state index contributed by atoms with van der Waals surface area (Å²) >= 11 is 0. The first kappa shape index (κ1) is 12.6. The second-order valence-electron chi connectivity index (χ2n) is 5.15. The highest BCUT2D eigenvalue weighted by Gasteiger charge is 2.19. The van der Waals surface area contributed by atoms with E-state index in [2.05, 4.69) is 16.7 Å². The van der Waals surface area contributed by atoms with Crippen molar-refractivity contribution >= 4 is 5.91 Å². The molecule has 2 rings (SSSR count). The average molecular weight is 236 g/mol. The normalized spacial score (nSPS) is 25.2. The van der Waals surface area contributed by atoms with Crippen LogP contribution in [0.1, 0.15) is 51.4 Å². The number of hydrogen-bond acceptors (Lipinski definition) is 2. The Labute approximate surface area is 104 Å². The molecule has 0 bridgehead atoms. The largest absolute Gasteiger partial charge is 0.354 e. The Morgan fingerprint density at radius 2 is 2.29 bits per heavy atom. The molecule has 3 nitrogen and oxygen atoms in total. The number of carbonyl (C=O) groups excluding carboxylic acids is 1. The second kappa shape index (κ2) is 6.80. The molecular formula is C14H24N2O. The molecule has 3 heteroatoms. The van der Waals surface area contributed by atoms with Crippen LogP contribution in [0.15, 0.2) is 11.6 Å². The molecule has 1 saturated heterocycles.